The van der Waals surface area contributed by atoms with Gasteiger partial charge in [-0.2, -0.15) is 0 Å². The lowest BCUT2D eigenvalue weighted by molar-refractivity contribution is 0.0331. The summed E-state index contributed by atoms with van der Waals surface area (Å²) in [5, 5.41) is 36.2. The van der Waals surface area contributed by atoms with Crippen LogP contribution in [0.1, 0.15) is 286 Å². The molecule has 0 fully saturated rings. The van der Waals surface area contributed by atoms with Gasteiger partial charge in [0, 0.05) is 67.9 Å². The minimum atomic E-state index is -1.27. The second kappa shape index (κ2) is 51.8. The molecule has 9 rings (SSSR count). The number of nitrogens with one attached hydrogen (secondary N) is 2. The Kier molecular flexibility index (Phi) is 46.8. The summed E-state index contributed by atoms with van der Waals surface area (Å²) >= 11 is 0. The van der Waals surface area contributed by atoms with Gasteiger partial charge in [-0.3, -0.25) is 0 Å². The normalized spacial score (nSPS) is 15.0. The van der Waals surface area contributed by atoms with E-state index in [2.05, 4.69) is 328 Å². The summed E-state index contributed by atoms with van der Waals surface area (Å²) in [6, 6.07) is 70.5. The summed E-state index contributed by atoms with van der Waals surface area (Å²) in [6.07, 6.45) is 3.62. The molecule has 0 amide bonds. The van der Waals surface area contributed by atoms with E-state index >= 15 is 0 Å². The van der Waals surface area contributed by atoms with Crippen LogP contribution in [0.4, 0.5) is 4.39 Å². The van der Waals surface area contributed by atoms with E-state index in [1.54, 1.807) is 24.3 Å². The summed E-state index contributed by atoms with van der Waals surface area (Å²) < 4.78 is 23.1. The highest BCUT2D eigenvalue weighted by Crippen LogP contribution is 2.38. The maximum atomic E-state index is 12.7. The first-order chi connectivity index (χ1) is 51.7. The van der Waals surface area contributed by atoms with Crippen molar-refractivity contribution in [2.24, 2.45) is 35.5 Å². The number of hydrogen-bond donors (Lipinski definition) is 5. The predicted molar refractivity (Wildman–Crippen MR) is 475 cm³/mol. The van der Waals surface area contributed by atoms with Gasteiger partial charge in [-0.15, -0.1) is 0 Å². The first-order valence-corrected chi connectivity index (χ1v) is 41.5. The number of aliphatic hydroxyl groups excluding tert-OH is 2. The molecule has 0 radical (unpaired) electrons. The van der Waals surface area contributed by atoms with Crippen molar-refractivity contribution in [2.75, 3.05) is 13.7 Å². The maximum absolute atomic E-state index is 12.7. The molecule has 0 spiro atoms. The number of aliphatic hydroxyl groups is 3. The van der Waals surface area contributed by atoms with Crippen LogP contribution in [0, 0.1) is 70.1 Å². The van der Waals surface area contributed by atoms with Gasteiger partial charge in [0.1, 0.15) is 5.75 Å². The molecule has 1 aliphatic rings. The largest absolute Gasteiger partial charge is 0.460 e. The minimum absolute atomic E-state index is 0.121. The van der Waals surface area contributed by atoms with Crippen LogP contribution < -0.4 is 15.4 Å². The number of para-hydroxylation sites is 1. The Bertz CT molecular complexity index is 3610. The van der Waals surface area contributed by atoms with Crippen molar-refractivity contribution in [2.45, 2.75) is 304 Å². The molecule has 0 saturated carbocycles. The molecule has 9 atom stereocenters. The summed E-state index contributed by atoms with van der Waals surface area (Å²) in [5.74, 6) is 6.24. The van der Waals surface area contributed by atoms with E-state index < -0.39 is 12.0 Å². The highest BCUT2D eigenvalue weighted by atomic mass is 19.1. The number of fused-ring (bicyclic) bond motifs is 1. The molecule has 110 heavy (non-hydrogen) atoms. The number of halogens is 1. The first-order valence-electron chi connectivity index (χ1n) is 41.5. The summed E-state index contributed by atoms with van der Waals surface area (Å²) in [4.78, 5) is 0. The number of alkyl halides is 1. The van der Waals surface area contributed by atoms with Gasteiger partial charge >= 0.3 is 0 Å². The van der Waals surface area contributed by atoms with Crippen molar-refractivity contribution in [1.29, 1.82) is 0 Å². The zero-order chi connectivity index (χ0) is 83.0. The van der Waals surface area contributed by atoms with Gasteiger partial charge in [-0.25, -0.2) is 4.39 Å². The molecule has 0 aromatic heterocycles. The van der Waals surface area contributed by atoms with Crippen LogP contribution in [0.2, 0.25) is 0 Å². The van der Waals surface area contributed by atoms with E-state index in [4.69, 9.17) is 9.47 Å². The number of ether oxygens (including phenoxy) is 2. The fraction of sp³-hybridized carbons (Fsp3) is 0.529. The number of benzene rings is 8. The molecule has 0 saturated heterocycles. The molecule has 8 heteroatoms. The van der Waals surface area contributed by atoms with Crippen LogP contribution in [0.5, 0.6) is 5.75 Å². The number of aryl methyl sites for hydroxylation is 6. The Labute approximate surface area is 672 Å². The van der Waals surface area contributed by atoms with Gasteiger partial charge in [0.05, 0.1) is 24.4 Å². The van der Waals surface area contributed by atoms with Crippen LogP contribution in [0.15, 0.2) is 200 Å². The molecule has 0 bridgehead atoms. The average molecular weight is 1510 g/mol. The van der Waals surface area contributed by atoms with Crippen LogP contribution in [0.3, 0.4) is 0 Å². The highest BCUT2D eigenvalue weighted by molar-refractivity contribution is 5.36. The van der Waals surface area contributed by atoms with Gasteiger partial charge in [-0.1, -0.05) is 342 Å². The fourth-order valence-electron chi connectivity index (χ4n) is 14.6. The maximum Gasteiger partial charge on any atom is 0.235 e. The third-order valence-corrected chi connectivity index (χ3v) is 21.5. The molecule has 2 unspecified atom stereocenters. The lowest BCUT2D eigenvalue weighted by Crippen LogP contribution is -2.33. The number of methoxy groups -OCH3 is 1. The number of hydrogen-bond acceptors (Lipinski definition) is 7. The van der Waals surface area contributed by atoms with Crippen LogP contribution >= 0.6 is 0 Å². The van der Waals surface area contributed by atoms with Crippen molar-refractivity contribution in [3.8, 4) is 5.75 Å². The quantitative estimate of drug-likeness (QED) is 0.0384. The monoisotopic (exact) mass is 1510 g/mol. The Balaban J connectivity index is 0.000000427. The minimum Gasteiger partial charge on any atom is -0.460 e. The summed E-state index contributed by atoms with van der Waals surface area (Å²) in [6.45, 7) is 61.6. The van der Waals surface area contributed by atoms with E-state index in [0.29, 0.717) is 54.0 Å². The third-order valence-electron chi connectivity index (χ3n) is 21.5. The molecule has 0 aliphatic heterocycles. The average Bonchev–Trinajstić information content (AvgIpc) is 0.922. The topological polar surface area (TPSA) is 103 Å². The zero-order valence-corrected chi connectivity index (χ0v) is 74.3. The van der Waals surface area contributed by atoms with Crippen molar-refractivity contribution < 1.29 is 29.2 Å². The van der Waals surface area contributed by atoms with Crippen molar-refractivity contribution >= 4 is 0 Å². The Hall–Kier alpha value is -6.75. The summed E-state index contributed by atoms with van der Waals surface area (Å²) in [7, 11) is 1.77. The predicted octanol–water partition coefficient (Wildman–Crippen LogP) is 26.3. The molecule has 7 nitrogen and oxygen atoms in total. The Morgan fingerprint density at radius 1 is 0.455 bits per heavy atom. The third kappa shape index (κ3) is 36.8. The molecule has 8 aromatic rings. The first kappa shape index (κ1) is 99.3. The van der Waals surface area contributed by atoms with Crippen LogP contribution in [-0.2, 0) is 29.7 Å². The van der Waals surface area contributed by atoms with E-state index in [0.717, 1.165) is 36.5 Å². The summed E-state index contributed by atoms with van der Waals surface area (Å²) in [5.41, 5.74) is 18.2. The fourth-order valence-corrected chi connectivity index (χ4v) is 14.6. The van der Waals surface area contributed by atoms with E-state index in [1.165, 1.54) is 93.8 Å². The van der Waals surface area contributed by atoms with Gasteiger partial charge in [0.25, 0.3) is 0 Å². The lowest BCUT2D eigenvalue weighted by Gasteiger charge is -2.33. The SMILES string of the molecule is CC(C)NCc1ccccc1OC(C)F.CC(C)[C@@H](c1ccccc1)[C@@H](C)O.CC(C)[C@@H]1CCCCc2ccccc21.COCC(C)(c1ccccc1)C(C)C.Cc1ccc([C@@H](C)C(C)C)cc1.Cc1ccc([C@H](C(C)C)C(C)(C)O)cc1.Cc1ccc([C@H](C(C)C)[C@H](C)O)cc1.Cc1cccc(C)c1CNC(C)C. The van der Waals surface area contributed by atoms with Gasteiger partial charge in [0.15, 0.2) is 0 Å². The Morgan fingerprint density at radius 3 is 1.30 bits per heavy atom. The second-order valence-corrected chi connectivity index (χ2v) is 34.4. The zero-order valence-electron chi connectivity index (χ0n) is 74.3. The van der Waals surface area contributed by atoms with Crippen molar-refractivity contribution in [3.63, 3.8) is 0 Å². The number of rotatable bonds is 24. The van der Waals surface area contributed by atoms with Crippen molar-refractivity contribution in [1.82, 2.24) is 10.6 Å². The second-order valence-electron chi connectivity index (χ2n) is 34.4. The molecule has 1 aliphatic carbocycles. The van der Waals surface area contributed by atoms with E-state index in [1.807, 2.05) is 64.1 Å². The smallest absolute Gasteiger partial charge is 0.235 e. The van der Waals surface area contributed by atoms with Gasteiger partial charge in [0.2, 0.25) is 6.36 Å². The molecular formula is C102H155FN2O5. The van der Waals surface area contributed by atoms with E-state index in [9.17, 15) is 19.7 Å². The van der Waals surface area contributed by atoms with Crippen molar-refractivity contribution in [3.05, 3.63) is 278 Å². The molecule has 610 valence electrons. The van der Waals surface area contributed by atoms with Gasteiger partial charge in [-0.05, 0) is 191 Å². The van der Waals surface area contributed by atoms with Gasteiger partial charge < -0.3 is 35.4 Å². The molecule has 5 N–H and O–H groups in total. The molecular weight excluding hydrogens is 1350 g/mol. The van der Waals surface area contributed by atoms with Crippen LogP contribution in [0.25, 0.3) is 0 Å². The van der Waals surface area contributed by atoms with Crippen LogP contribution in [-0.4, -0.2) is 65.3 Å². The Morgan fingerprint density at radius 2 is 0.882 bits per heavy atom. The molecule has 0 heterocycles. The lowest BCUT2D eigenvalue weighted by atomic mass is 9.74. The molecule has 8 aromatic carbocycles. The standard InChI is InChI=1S/C14H22O.C14H20.2C13H20O.C12H18FNO.C12H19N.C12H18O.C12H18/c1-10(2)13(14(4,5)15)12-8-6-11(3)7-9-12;1-11(2)13-9-5-3-7-12-8-4-6-10-14(12)13;1-9(2)13(11(4)14)12-7-5-10(3)6-8-12;1-11(2)13(3,10-14-4)12-8-6-5-7-9-12;1-9(2)14-8-11-6-4-5-7-12(11)15-10(3)13;1-9(2)13-8-12-10(3)6-5-7-11(12)4;1-9(2)12(10(3)13)11-7-5-4-6-8-11;1-9(2)11(4)12-7-5-10(3)6-8-12/h6-10,13,15H,1-5H3;4,6,8,10-11,13H,3,5,7,9H2,1-2H3;5-9,11,13-14H,1-4H3;5-9,11H,10H2,1-4H3;4-7,9-10,14H,8H2,1-3H3;5-7,9,13H,8H2,1-4H3;4-10,12-13H,1-3H3;5-9,11H,1-4H3/t2*13-;11-,13+;;;;10-,12-;11-/m000...10/s1. The van der Waals surface area contributed by atoms with E-state index in [-0.39, 0.29) is 35.4 Å². The highest BCUT2D eigenvalue weighted by Gasteiger charge is 2.32.